The molecule has 0 radical (unpaired) electrons. The van der Waals surface area contributed by atoms with Gasteiger partial charge in [-0.05, 0) is 25.1 Å². The van der Waals surface area contributed by atoms with Gasteiger partial charge in [0.25, 0.3) is 5.56 Å². The summed E-state index contributed by atoms with van der Waals surface area (Å²) in [7, 11) is 0. The number of hydrogen-bond donors (Lipinski definition) is 1. The summed E-state index contributed by atoms with van der Waals surface area (Å²) in [5.41, 5.74) is 7.74. The molecule has 1 atom stereocenters. The van der Waals surface area contributed by atoms with Crippen molar-refractivity contribution in [2.24, 2.45) is 5.73 Å². The summed E-state index contributed by atoms with van der Waals surface area (Å²) in [4.78, 5) is 18.5. The molecule has 4 aromatic rings. The lowest BCUT2D eigenvalue weighted by atomic mass is 9.68. The zero-order chi connectivity index (χ0) is 21.5. The van der Waals surface area contributed by atoms with Gasteiger partial charge in [-0.25, -0.2) is 4.98 Å². The minimum atomic E-state index is -1.29. The van der Waals surface area contributed by atoms with Gasteiger partial charge < -0.3 is 10.5 Å². The predicted molar refractivity (Wildman–Crippen MR) is 113 cm³/mol. The first-order chi connectivity index (χ1) is 15.0. The molecule has 4 heterocycles. The number of benzene rings is 2. The third-order valence-electron chi connectivity index (χ3n) is 5.96. The van der Waals surface area contributed by atoms with Crippen LogP contribution in [0.3, 0.4) is 0 Å². The van der Waals surface area contributed by atoms with Crippen LogP contribution in [0.15, 0.2) is 64.8 Å². The fraction of sp³-hybridized carbons (Fsp3) is 0.0909. The van der Waals surface area contributed by atoms with Crippen molar-refractivity contribution in [3.8, 4) is 17.6 Å². The lowest BCUT2D eigenvalue weighted by Gasteiger charge is -2.33. The van der Waals surface area contributed by atoms with Crippen LogP contribution in [0.2, 0.25) is 0 Å². The SMILES string of the molecule is Cc1nn(Cl)c2c1[C@@]1(C(C#N)=C(N)O2)c2ccccc2-n2c1nc1ccccc1c2=O. The Morgan fingerprint density at radius 1 is 1.19 bits per heavy atom. The van der Waals surface area contributed by atoms with E-state index >= 15 is 0 Å². The Balaban J connectivity index is 1.92. The second-order valence-corrected chi connectivity index (χ2v) is 7.76. The fourth-order valence-corrected chi connectivity index (χ4v) is 5.04. The van der Waals surface area contributed by atoms with Crippen molar-refractivity contribution in [1.29, 1.82) is 5.26 Å². The average Bonchev–Trinajstić information content (AvgIpc) is 3.21. The molecule has 9 heteroatoms. The molecule has 31 heavy (non-hydrogen) atoms. The van der Waals surface area contributed by atoms with Crippen molar-refractivity contribution in [3.05, 3.63) is 93.0 Å². The van der Waals surface area contributed by atoms with E-state index < -0.39 is 5.41 Å². The molecular formula is C22H13ClN6O2. The van der Waals surface area contributed by atoms with Gasteiger partial charge in [0.15, 0.2) is 0 Å². The van der Waals surface area contributed by atoms with E-state index in [1.165, 1.54) is 0 Å². The topological polar surface area (TPSA) is 112 Å². The molecule has 2 N–H and O–H groups in total. The van der Waals surface area contributed by atoms with Crippen molar-refractivity contribution in [3.63, 3.8) is 0 Å². The first-order valence-electron chi connectivity index (χ1n) is 9.46. The number of allylic oxidation sites excluding steroid dienone is 1. The van der Waals surface area contributed by atoms with E-state index in [1.807, 2.05) is 30.3 Å². The summed E-state index contributed by atoms with van der Waals surface area (Å²) in [6.07, 6.45) is 0. The number of nitrogens with zero attached hydrogens (tertiary/aromatic N) is 5. The molecule has 2 aromatic carbocycles. The van der Waals surface area contributed by atoms with Gasteiger partial charge >= 0.3 is 0 Å². The number of fused-ring (bicyclic) bond motifs is 8. The lowest BCUT2D eigenvalue weighted by Crippen LogP contribution is -2.39. The Labute approximate surface area is 180 Å². The number of nitriles is 1. The Morgan fingerprint density at radius 2 is 1.94 bits per heavy atom. The molecule has 0 saturated carbocycles. The molecule has 2 aliphatic heterocycles. The maximum atomic E-state index is 13.6. The molecule has 0 amide bonds. The number of aromatic nitrogens is 4. The minimum absolute atomic E-state index is 0.109. The van der Waals surface area contributed by atoms with Crippen LogP contribution in [-0.4, -0.2) is 18.9 Å². The second kappa shape index (κ2) is 5.74. The van der Waals surface area contributed by atoms with Crippen LogP contribution in [0.25, 0.3) is 16.6 Å². The number of aryl methyl sites for hydroxylation is 1. The van der Waals surface area contributed by atoms with Gasteiger partial charge in [0, 0.05) is 17.3 Å². The molecule has 0 aliphatic carbocycles. The third kappa shape index (κ3) is 1.92. The van der Waals surface area contributed by atoms with Crippen molar-refractivity contribution < 1.29 is 4.74 Å². The maximum Gasteiger partial charge on any atom is 0.266 e. The van der Waals surface area contributed by atoms with Gasteiger partial charge in [0.05, 0.1) is 27.8 Å². The number of ether oxygens (including phenoxy) is 1. The average molecular weight is 429 g/mol. The van der Waals surface area contributed by atoms with Crippen LogP contribution in [-0.2, 0) is 5.41 Å². The molecular weight excluding hydrogens is 416 g/mol. The standard InChI is InChI=1S/C22H13ClN6O2/c1-11-17-20(29(23)27-11)31-18(25)14(10-24)22(17)13-7-3-5-9-16(13)28-19(30)12-6-2-4-8-15(12)26-21(22)28/h2-9H,25H2,1H3/t22-/m0/s1. The van der Waals surface area contributed by atoms with Crippen LogP contribution in [0.1, 0.15) is 22.6 Å². The van der Waals surface area contributed by atoms with Crippen LogP contribution in [0, 0.1) is 18.3 Å². The van der Waals surface area contributed by atoms with Crippen molar-refractivity contribution in [2.45, 2.75) is 12.3 Å². The van der Waals surface area contributed by atoms with E-state index in [0.29, 0.717) is 39.2 Å². The van der Waals surface area contributed by atoms with Gasteiger partial charge in [0.1, 0.15) is 22.9 Å². The van der Waals surface area contributed by atoms with Gasteiger partial charge in [-0.3, -0.25) is 9.36 Å². The largest absolute Gasteiger partial charge is 0.421 e. The number of hydrogen-bond acceptors (Lipinski definition) is 6. The Kier molecular flexibility index (Phi) is 3.29. The molecule has 2 aliphatic rings. The highest BCUT2D eigenvalue weighted by Gasteiger charge is 2.57. The highest BCUT2D eigenvalue weighted by Crippen LogP contribution is 2.56. The van der Waals surface area contributed by atoms with E-state index in [1.54, 1.807) is 29.7 Å². The zero-order valence-corrected chi connectivity index (χ0v) is 16.9. The lowest BCUT2D eigenvalue weighted by molar-refractivity contribution is 0.360. The molecule has 6 rings (SSSR count). The van der Waals surface area contributed by atoms with E-state index in [2.05, 4.69) is 11.2 Å². The molecule has 1 spiro atoms. The molecule has 0 unspecified atom stereocenters. The maximum absolute atomic E-state index is 13.6. The summed E-state index contributed by atoms with van der Waals surface area (Å²) < 4.78 is 8.32. The van der Waals surface area contributed by atoms with Crippen LogP contribution < -0.4 is 16.0 Å². The summed E-state index contributed by atoms with van der Waals surface area (Å²) in [6, 6.07) is 16.7. The van der Waals surface area contributed by atoms with Gasteiger partial charge in [-0.1, -0.05) is 30.3 Å². The number of halogens is 1. The highest BCUT2D eigenvalue weighted by molar-refractivity contribution is 6.15. The second-order valence-electron chi connectivity index (χ2n) is 7.44. The molecule has 8 nitrogen and oxygen atoms in total. The predicted octanol–water partition coefficient (Wildman–Crippen LogP) is 2.63. The Morgan fingerprint density at radius 3 is 2.74 bits per heavy atom. The number of para-hydroxylation sites is 2. The van der Waals surface area contributed by atoms with E-state index in [9.17, 15) is 10.1 Å². The van der Waals surface area contributed by atoms with Crippen molar-refractivity contribution in [1.82, 2.24) is 18.9 Å². The molecule has 0 bridgehead atoms. The summed E-state index contributed by atoms with van der Waals surface area (Å²) in [5.74, 6) is 0.443. The van der Waals surface area contributed by atoms with Crippen molar-refractivity contribution >= 4 is 22.7 Å². The normalized spacial score (nSPS) is 18.5. The van der Waals surface area contributed by atoms with Crippen LogP contribution in [0.5, 0.6) is 5.88 Å². The van der Waals surface area contributed by atoms with Crippen LogP contribution >= 0.6 is 11.8 Å². The van der Waals surface area contributed by atoms with E-state index in [0.717, 1.165) is 4.20 Å². The summed E-state index contributed by atoms with van der Waals surface area (Å²) in [6.45, 7) is 1.77. The first-order valence-corrected chi connectivity index (χ1v) is 9.80. The summed E-state index contributed by atoms with van der Waals surface area (Å²) in [5, 5.41) is 15.0. The van der Waals surface area contributed by atoms with E-state index in [4.69, 9.17) is 27.2 Å². The highest BCUT2D eigenvalue weighted by atomic mass is 35.5. The van der Waals surface area contributed by atoms with Gasteiger partial charge in [-0.2, -0.15) is 10.4 Å². The van der Waals surface area contributed by atoms with Gasteiger partial charge in [0.2, 0.25) is 11.8 Å². The molecule has 0 saturated heterocycles. The fourth-order valence-electron chi connectivity index (χ4n) is 4.81. The molecule has 2 aromatic heterocycles. The monoisotopic (exact) mass is 428 g/mol. The third-order valence-corrected chi connectivity index (χ3v) is 6.19. The number of nitrogens with two attached hydrogens (primary N) is 1. The van der Waals surface area contributed by atoms with Crippen molar-refractivity contribution in [2.75, 3.05) is 0 Å². The molecule has 150 valence electrons. The van der Waals surface area contributed by atoms with Crippen LogP contribution in [0.4, 0.5) is 0 Å². The number of rotatable bonds is 0. The van der Waals surface area contributed by atoms with E-state index in [-0.39, 0.29) is 22.9 Å². The van der Waals surface area contributed by atoms with Gasteiger partial charge in [-0.15, -0.1) is 4.20 Å². The molecule has 0 fully saturated rings. The minimum Gasteiger partial charge on any atom is -0.421 e. The smallest absolute Gasteiger partial charge is 0.266 e. The Bertz CT molecular complexity index is 1590. The summed E-state index contributed by atoms with van der Waals surface area (Å²) >= 11 is 6.29. The first kappa shape index (κ1) is 17.7. The zero-order valence-electron chi connectivity index (χ0n) is 16.1. The Hall–Kier alpha value is -4.09. The quantitative estimate of drug-likeness (QED) is 0.460.